The molecule has 7 nitrogen and oxygen atoms in total. The molecule has 0 aliphatic rings. The summed E-state index contributed by atoms with van der Waals surface area (Å²) in [6, 6.07) is 14.0. The van der Waals surface area contributed by atoms with Gasteiger partial charge < -0.3 is 20.6 Å². The molecule has 7 heteroatoms. The summed E-state index contributed by atoms with van der Waals surface area (Å²) < 4.78 is 0. The fourth-order valence-corrected chi connectivity index (χ4v) is 2.77. The highest BCUT2D eigenvalue weighted by Gasteiger charge is 2.12. The average Bonchev–Trinajstić information content (AvgIpc) is 2.65. The van der Waals surface area contributed by atoms with Gasteiger partial charge in [0, 0.05) is 37.8 Å². The zero-order valence-corrected chi connectivity index (χ0v) is 16.1. The molecule has 0 aromatic heterocycles. The number of aryl methyl sites for hydroxylation is 1. The first-order chi connectivity index (χ1) is 13.4. The fraction of sp³-hybridized carbons (Fsp3) is 0.286. The maximum Gasteiger partial charge on any atom is 0.323 e. The molecular weight excluding hydrogens is 358 g/mol. The van der Waals surface area contributed by atoms with Gasteiger partial charge in [-0.3, -0.25) is 9.59 Å². The first kappa shape index (κ1) is 21.0. The van der Waals surface area contributed by atoms with Crippen LogP contribution in [0.1, 0.15) is 31.4 Å². The number of aliphatic carboxylic acids is 1. The first-order valence-corrected chi connectivity index (χ1v) is 9.11. The van der Waals surface area contributed by atoms with E-state index in [0.717, 1.165) is 11.1 Å². The van der Waals surface area contributed by atoms with Crippen molar-refractivity contribution in [2.75, 3.05) is 17.2 Å². The summed E-state index contributed by atoms with van der Waals surface area (Å²) >= 11 is 0. The van der Waals surface area contributed by atoms with Gasteiger partial charge in [0.15, 0.2) is 0 Å². The highest BCUT2D eigenvalue weighted by Crippen LogP contribution is 2.18. The van der Waals surface area contributed by atoms with Crippen LogP contribution < -0.4 is 10.6 Å². The lowest BCUT2D eigenvalue weighted by Crippen LogP contribution is -2.28. The molecule has 2 aromatic rings. The van der Waals surface area contributed by atoms with Crippen molar-refractivity contribution in [1.29, 1.82) is 0 Å². The zero-order valence-electron chi connectivity index (χ0n) is 16.1. The number of carbonyl (C=O) groups is 3. The molecule has 0 aliphatic heterocycles. The first-order valence-electron chi connectivity index (χ1n) is 9.11. The van der Waals surface area contributed by atoms with Gasteiger partial charge >= 0.3 is 12.0 Å². The zero-order chi connectivity index (χ0) is 20.5. The van der Waals surface area contributed by atoms with Crippen molar-refractivity contribution in [3.8, 4) is 0 Å². The monoisotopic (exact) mass is 383 g/mol. The van der Waals surface area contributed by atoms with Crippen LogP contribution in [0.3, 0.4) is 0 Å². The predicted molar refractivity (Wildman–Crippen MR) is 108 cm³/mol. The third-order valence-corrected chi connectivity index (χ3v) is 4.27. The third-order valence-electron chi connectivity index (χ3n) is 4.27. The van der Waals surface area contributed by atoms with Crippen molar-refractivity contribution in [2.24, 2.45) is 0 Å². The van der Waals surface area contributed by atoms with E-state index in [0.29, 0.717) is 30.9 Å². The van der Waals surface area contributed by atoms with Crippen molar-refractivity contribution < 1.29 is 19.5 Å². The van der Waals surface area contributed by atoms with E-state index in [-0.39, 0.29) is 12.3 Å². The Kier molecular flexibility index (Phi) is 7.56. The lowest BCUT2D eigenvalue weighted by molar-refractivity contribution is -0.137. The topological polar surface area (TPSA) is 98.7 Å². The molecule has 0 saturated carbocycles. The minimum Gasteiger partial charge on any atom is -0.481 e. The summed E-state index contributed by atoms with van der Waals surface area (Å²) in [4.78, 5) is 36.5. The number of anilines is 2. The van der Waals surface area contributed by atoms with Gasteiger partial charge in [0.05, 0.1) is 0 Å². The van der Waals surface area contributed by atoms with Gasteiger partial charge in [0.1, 0.15) is 0 Å². The second kappa shape index (κ2) is 10.1. The van der Waals surface area contributed by atoms with Crippen molar-refractivity contribution in [2.45, 2.75) is 33.2 Å². The molecule has 28 heavy (non-hydrogen) atoms. The predicted octanol–water partition coefficient (Wildman–Crippen LogP) is 3.72. The molecule has 148 valence electrons. The molecule has 0 heterocycles. The molecule has 0 saturated heterocycles. The van der Waals surface area contributed by atoms with E-state index in [9.17, 15) is 14.4 Å². The molecular formula is C21H25N3O4. The smallest absolute Gasteiger partial charge is 0.323 e. The van der Waals surface area contributed by atoms with Crippen LogP contribution in [0.4, 0.5) is 16.2 Å². The van der Waals surface area contributed by atoms with Crippen LogP contribution in [0.5, 0.6) is 0 Å². The Morgan fingerprint density at radius 2 is 1.79 bits per heavy atom. The molecule has 3 amide bonds. The quantitative estimate of drug-likeness (QED) is 0.647. The Bertz CT molecular complexity index is 851. The van der Waals surface area contributed by atoms with Crippen molar-refractivity contribution in [3.05, 3.63) is 59.7 Å². The number of benzene rings is 2. The van der Waals surface area contributed by atoms with Crippen LogP contribution >= 0.6 is 0 Å². The Labute approximate surface area is 164 Å². The normalized spacial score (nSPS) is 10.2. The highest BCUT2D eigenvalue weighted by molar-refractivity contribution is 6.00. The number of hydrogen-bond donors (Lipinski definition) is 3. The number of amides is 3. The molecule has 3 N–H and O–H groups in total. The Morgan fingerprint density at radius 1 is 1.04 bits per heavy atom. The summed E-state index contributed by atoms with van der Waals surface area (Å²) in [6.07, 6.45) is 0.431. The number of nitrogens with zero attached hydrogens (tertiary/aromatic N) is 1. The van der Waals surface area contributed by atoms with E-state index in [4.69, 9.17) is 5.11 Å². The van der Waals surface area contributed by atoms with Gasteiger partial charge in [0.25, 0.3) is 0 Å². The second-order valence-electron chi connectivity index (χ2n) is 6.36. The molecule has 0 radical (unpaired) electrons. The van der Waals surface area contributed by atoms with E-state index in [2.05, 4.69) is 10.6 Å². The summed E-state index contributed by atoms with van der Waals surface area (Å²) in [5, 5.41) is 14.4. The largest absolute Gasteiger partial charge is 0.481 e. The van der Waals surface area contributed by atoms with Gasteiger partial charge in [-0.25, -0.2) is 4.79 Å². The van der Waals surface area contributed by atoms with Gasteiger partial charge in [-0.2, -0.15) is 0 Å². The molecule has 0 fully saturated rings. The highest BCUT2D eigenvalue weighted by atomic mass is 16.4. The summed E-state index contributed by atoms with van der Waals surface area (Å²) in [5.41, 5.74) is 2.88. The van der Waals surface area contributed by atoms with Crippen molar-refractivity contribution in [1.82, 2.24) is 4.90 Å². The molecule has 0 aliphatic carbocycles. The summed E-state index contributed by atoms with van der Waals surface area (Å²) in [5.74, 6) is -0.890. The van der Waals surface area contributed by atoms with E-state index in [1.807, 2.05) is 31.2 Å². The van der Waals surface area contributed by atoms with E-state index in [1.165, 1.54) is 6.92 Å². The average molecular weight is 383 g/mol. The number of nitrogens with one attached hydrogen (secondary N) is 2. The van der Waals surface area contributed by atoms with Crippen molar-refractivity contribution >= 4 is 29.3 Å². The standard InChI is InChI=1S/C21H25N3O4/c1-3-24(15(2)25)14-17-8-4-5-10-19(17)23-21(28)22-18-9-6-7-16(13-18)11-12-20(26)27/h4-10,13H,3,11-12,14H2,1-2H3,(H,26,27)(H2,22,23,28). The maximum atomic E-state index is 12.4. The second-order valence-corrected chi connectivity index (χ2v) is 6.36. The Balaban J connectivity index is 2.04. The van der Waals surface area contributed by atoms with Crippen LogP contribution in [0.25, 0.3) is 0 Å². The summed E-state index contributed by atoms with van der Waals surface area (Å²) in [6.45, 7) is 4.41. The lowest BCUT2D eigenvalue weighted by Gasteiger charge is -2.21. The van der Waals surface area contributed by atoms with E-state index >= 15 is 0 Å². The SMILES string of the molecule is CCN(Cc1ccccc1NC(=O)Nc1cccc(CCC(=O)O)c1)C(C)=O. The molecule has 2 aromatic carbocycles. The number of rotatable bonds is 8. The van der Waals surface area contributed by atoms with Crippen LogP contribution in [-0.2, 0) is 22.6 Å². The number of carbonyl (C=O) groups excluding carboxylic acids is 2. The maximum absolute atomic E-state index is 12.4. The number of carboxylic acids is 1. The summed E-state index contributed by atoms with van der Waals surface area (Å²) in [7, 11) is 0. The molecule has 0 spiro atoms. The fourth-order valence-electron chi connectivity index (χ4n) is 2.77. The third kappa shape index (κ3) is 6.42. The van der Waals surface area contributed by atoms with Crippen LogP contribution in [0.15, 0.2) is 48.5 Å². The Morgan fingerprint density at radius 3 is 2.46 bits per heavy atom. The van der Waals surface area contributed by atoms with Gasteiger partial charge in [0.2, 0.25) is 5.91 Å². The minimum absolute atomic E-state index is 0.0278. The number of urea groups is 1. The molecule has 0 bridgehead atoms. The molecule has 0 atom stereocenters. The van der Waals surface area contributed by atoms with Crippen molar-refractivity contribution in [3.63, 3.8) is 0 Å². The van der Waals surface area contributed by atoms with E-state index < -0.39 is 12.0 Å². The van der Waals surface area contributed by atoms with E-state index in [1.54, 1.807) is 29.2 Å². The van der Waals surface area contributed by atoms with Gasteiger partial charge in [-0.15, -0.1) is 0 Å². The van der Waals surface area contributed by atoms with Crippen LogP contribution in [0, 0.1) is 0 Å². The minimum atomic E-state index is -0.862. The van der Waals surface area contributed by atoms with Gasteiger partial charge in [-0.1, -0.05) is 30.3 Å². The lowest BCUT2D eigenvalue weighted by atomic mass is 10.1. The van der Waals surface area contributed by atoms with Gasteiger partial charge in [-0.05, 0) is 42.7 Å². The number of para-hydroxylation sites is 1. The number of hydrogen-bond acceptors (Lipinski definition) is 3. The molecule has 0 unspecified atom stereocenters. The Hall–Kier alpha value is -3.35. The number of carboxylic acid groups (broad SMARTS) is 1. The van der Waals surface area contributed by atoms with Crippen LogP contribution in [-0.4, -0.2) is 34.5 Å². The molecule has 2 rings (SSSR count). The van der Waals surface area contributed by atoms with Crippen LogP contribution in [0.2, 0.25) is 0 Å².